The van der Waals surface area contributed by atoms with Crippen molar-refractivity contribution in [1.82, 2.24) is 9.55 Å². The molecule has 2 heterocycles. The Kier molecular flexibility index (Phi) is 3.69. The minimum atomic E-state index is 0.935. The monoisotopic (exact) mass is 444 g/mol. The summed E-state index contributed by atoms with van der Waals surface area (Å²) in [7, 11) is 0. The van der Waals surface area contributed by atoms with E-state index in [1.807, 2.05) is 12.3 Å². The summed E-state index contributed by atoms with van der Waals surface area (Å²) < 4.78 is 2.31. The van der Waals surface area contributed by atoms with Crippen LogP contribution in [0.3, 0.4) is 0 Å². The summed E-state index contributed by atoms with van der Waals surface area (Å²) in [6, 6.07) is 41.3. The van der Waals surface area contributed by atoms with Crippen LogP contribution in [0.1, 0.15) is 0 Å². The lowest BCUT2D eigenvalue weighted by Gasteiger charge is -2.09. The molecule has 2 aromatic heterocycles. The second kappa shape index (κ2) is 6.91. The van der Waals surface area contributed by atoms with Gasteiger partial charge in [-0.1, -0.05) is 91.0 Å². The van der Waals surface area contributed by atoms with Crippen LogP contribution in [0.2, 0.25) is 0 Å². The Morgan fingerprint density at radius 3 is 2.11 bits per heavy atom. The lowest BCUT2D eigenvalue weighted by molar-refractivity contribution is 1.08. The summed E-state index contributed by atoms with van der Waals surface area (Å²) in [5.41, 5.74) is 9.99. The Morgan fingerprint density at radius 2 is 1.29 bits per heavy atom. The minimum Gasteiger partial charge on any atom is -0.294 e. The van der Waals surface area contributed by atoms with Crippen molar-refractivity contribution < 1.29 is 0 Å². The van der Waals surface area contributed by atoms with Crippen molar-refractivity contribution in [1.29, 1.82) is 0 Å². The molecule has 8 rings (SSSR count). The molecule has 7 aromatic rings. The molecule has 0 fully saturated rings. The van der Waals surface area contributed by atoms with Gasteiger partial charge in [0.25, 0.3) is 0 Å². The van der Waals surface area contributed by atoms with Crippen LogP contribution in [0, 0.1) is 0 Å². The van der Waals surface area contributed by atoms with Gasteiger partial charge in [-0.2, -0.15) is 0 Å². The first-order chi connectivity index (χ1) is 17.4. The van der Waals surface area contributed by atoms with Crippen molar-refractivity contribution >= 4 is 32.6 Å². The van der Waals surface area contributed by atoms with Crippen molar-refractivity contribution in [2.45, 2.75) is 0 Å². The quantitative estimate of drug-likeness (QED) is 0.261. The third-order valence-corrected chi connectivity index (χ3v) is 7.39. The summed E-state index contributed by atoms with van der Waals surface area (Å²) in [6.07, 6.45) is 1.98. The molecule has 0 radical (unpaired) electrons. The Morgan fingerprint density at radius 1 is 0.486 bits per heavy atom. The fourth-order valence-electron chi connectivity index (χ4n) is 5.90. The molecule has 0 spiro atoms. The van der Waals surface area contributed by atoms with Gasteiger partial charge in [-0.05, 0) is 57.3 Å². The summed E-state index contributed by atoms with van der Waals surface area (Å²) in [4.78, 5) is 4.93. The zero-order chi connectivity index (χ0) is 22.9. The van der Waals surface area contributed by atoms with E-state index in [9.17, 15) is 0 Å². The van der Waals surface area contributed by atoms with Gasteiger partial charge in [-0.15, -0.1) is 0 Å². The summed E-state index contributed by atoms with van der Waals surface area (Å²) in [5.74, 6) is 0.935. The number of fused-ring (bicyclic) bond motifs is 7. The molecule has 0 saturated carbocycles. The number of hydrogen-bond acceptors (Lipinski definition) is 1. The maximum absolute atomic E-state index is 4.93. The van der Waals surface area contributed by atoms with Gasteiger partial charge < -0.3 is 0 Å². The third-order valence-electron chi connectivity index (χ3n) is 7.39. The predicted molar refractivity (Wildman–Crippen MR) is 146 cm³/mol. The van der Waals surface area contributed by atoms with Gasteiger partial charge in [0, 0.05) is 28.1 Å². The largest absolute Gasteiger partial charge is 0.294 e. The zero-order valence-corrected chi connectivity index (χ0v) is 18.9. The fraction of sp³-hybridized carbons (Fsp3) is 0. The van der Waals surface area contributed by atoms with Crippen LogP contribution in [0.15, 0.2) is 121 Å². The van der Waals surface area contributed by atoms with E-state index in [2.05, 4.69) is 114 Å². The molecule has 1 aliphatic rings. The Bertz CT molecular complexity index is 1920. The van der Waals surface area contributed by atoms with E-state index in [0.29, 0.717) is 0 Å². The molecule has 0 N–H and O–H groups in total. The first-order valence-electron chi connectivity index (χ1n) is 12.0. The molecule has 0 amide bonds. The molecule has 35 heavy (non-hydrogen) atoms. The van der Waals surface area contributed by atoms with Crippen molar-refractivity contribution in [2.75, 3.05) is 0 Å². The van der Waals surface area contributed by atoms with Crippen LogP contribution in [0.25, 0.3) is 71.8 Å². The SMILES string of the molecule is c1ccc(-c2ccc(-n3c4ccccc4c4c5c(ccc43)-c3cccc4cccc-5c34)nc2)cc1. The van der Waals surface area contributed by atoms with Crippen LogP contribution in [0.4, 0.5) is 0 Å². The maximum atomic E-state index is 4.93. The summed E-state index contributed by atoms with van der Waals surface area (Å²) in [5, 5.41) is 5.22. The van der Waals surface area contributed by atoms with Crippen LogP contribution in [0.5, 0.6) is 0 Å². The van der Waals surface area contributed by atoms with Crippen molar-refractivity contribution in [3.05, 3.63) is 121 Å². The molecule has 2 heteroatoms. The smallest absolute Gasteiger partial charge is 0.137 e. The van der Waals surface area contributed by atoms with E-state index in [-0.39, 0.29) is 0 Å². The molecule has 0 atom stereocenters. The number of hydrogen-bond donors (Lipinski definition) is 0. The normalized spacial score (nSPS) is 12.0. The van der Waals surface area contributed by atoms with Gasteiger partial charge in [0.1, 0.15) is 5.82 Å². The third kappa shape index (κ3) is 2.51. The van der Waals surface area contributed by atoms with Gasteiger partial charge in [0.2, 0.25) is 0 Å². The van der Waals surface area contributed by atoms with E-state index in [1.165, 1.54) is 60.4 Å². The van der Waals surface area contributed by atoms with E-state index in [4.69, 9.17) is 4.98 Å². The van der Waals surface area contributed by atoms with E-state index in [0.717, 1.165) is 11.4 Å². The van der Waals surface area contributed by atoms with Crippen molar-refractivity contribution in [3.63, 3.8) is 0 Å². The Hall–Kier alpha value is -4.69. The molecule has 0 aliphatic heterocycles. The van der Waals surface area contributed by atoms with E-state index < -0.39 is 0 Å². The second-order valence-corrected chi connectivity index (χ2v) is 9.22. The molecular weight excluding hydrogens is 424 g/mol. The highest BCUT2D eigenvalue weighted by molar-refractivity contribution is 6.26. The van der Waals surface area contributed by atoms with Crippen molar-refractivity contribution in [3.8, 4) is 39.2 Å². The number of aromatic nitrogens is 2. The lowest BCUT2D eigenvalue weighted by Crippen LogP contribution is -1.97. The highest BCUT2D eigenvalue weighted by Crippen LogP contribution is 2.52. The second-order valence-electron chi connectivity index (χ2n) is 9.22. The van der Waals surface area contributed by atoms with Gasteiger partial charge in [-0.3, -0.25) is 4.57 Å². The number of nitrogens with zero attached hydrogens (tertiary/aromatic N) is 2. The van der Waals surface area contributed by atoms with Gasteiger partial charge >= 0.3 is 0 Å². The average Bonchev–Trinajstić information content (AvgIpc) is 3.44. The Balaban J connectivity index is 1.43. The average molecular weight is 445 g/mol. The molecule has 0 unspecified atom stereocenters. The zero-order valence-electron chi connectivity index (χ0n) is 18.9. The fourth-order valence-corrected chi connectivity index (χ4v) is 5.90. The number of para-hydroxylation sites is 1. The molecule has 162 valence electrons. The predicted octanol–water partition coefficient (Wildman–Crippen LogP) is 8.65. The Labute approximate surface area is 202 Å². The molecule has 2 nitrogen and oxygen atoms in total. The van der Waals surface area contributed by atoms with Gasteiger partial charge in [0.15, 0.2) is 0 Å². The first kappa shape index (κ1) is 18.7. The van der Waals surface area contributed by atoms with E-state index >= 15 is 0 Å². The molecule has 0 bridgehead atoms. The van der Waals surface area contributed by atoms with Crippen LogP contribution >= 0.6 is 0 Å². The molecule has 0 saturated heterocycles. The lowest BCUT2D eigenvalue weighted by atomic mass is 9.98. The highest BCUT2D eigenvalue weighted by atomic mass is 15.1. The summed E-state index contributed by atoms with van der Waals surface area (Å²) >= 11 is 0. The van der Waals surface area contributed by atoms with Gasteiger partial charge in [0.05, 0.1) is 11.0 Å². The molecular formula is C33H20N2. The number of pyridine rings is 1. The van der Waals surface area contributed by atoms with Crippen molar-refractivity contribution in [2.24, 2.45) is 0 Å². The van der Waals surface area contributed by atoms with Crippen LogP contribution in [-0.2, 0) is 0 Å². The minimum absolute atomic E-state index is 0.935. The van der Waals surface area contributed by atoms with Gasteiger partial charge in [-0.25, -0.2) is 4.98 Å². The highest BCUT2D eigenvalue weighted by Gasteiger charge is 2.26. The number of benzene rings is 5. The maximum Gasteiger partial charge on any atom is 0.137 e. The van der Waals surface area contributed by atoms with Crippen LogP contribution < -0.4 is 0 Å². The summed E-state index contributed by atoms with van der Waals surface area (Å²) in [6.45, 7) is 0. The number of rotatable bonds is 2. The topological polar surface area (TPSA) is 17.8 Å². The molecule has 1 aliphatic carbocycles. The first-order valence-corrected chi connectivity index (χ1v) is 12.0. The van der Waals surface area contributed by atoms with Crippen LogP contribution in [-0.4, -0.2) is 9.55 Å². The molecule has 5 aromatic carbocycles. The van der Waals surface area contributed by atoms with E-state index in [1.54, 1.807) is 0 Å². The standard InChI is InChI=1S/C33H20N2/c1-2-8-21(9-3-1)23-16-19-30(34-20-23)35-28-15-5-4-12-26(28)33-29(35)18-17-25-24-13-6-10-22-11-7-14-27(31(22)24)32(25)33/h1-20H.